The lowest BCUT2D eigenvalue weighted by Crippen LogP contribution is -2.08. The van der Waals surface area contributed by atoms with Crippen molar-refractivity contribution in [3.05, 3.63) is 33.8 Å². The summed E-state index contributed by atoms with van der Waals surface area (Å²) < 4.78 is 0. The average Bonchev–Trinajstić information content (AvgIpc) is 3.11. The van der Waals surface area contributed by atoms with E-state index in [1.165, 1.54) is 24.0 Å². The maximum Gasteiger partial charge on any atom is 0.235 e. The Hall–Kier alpha value is -1.11. The zero-order valence-corrected chi connectivity index (χ0v) is 10.4. The van der Waals surface area contributed by atoms with Crippen molar-refractivity contribution in [2.24, 2.45) is 4.99 Å². The van der Waals surface area contributed by atoms with E-state index in [0.29, 0.717) is 0 Å². The zero-order chi connectivity index (χ0) is 11.9. The van der Waals surface area contributed by atoms with E-state index in [4.69, 9.17) is 11.6 Å². The molecule has 0 aromatic heterocycles. The molecule has 1 aromatic carbocycles. The smallest absolute Gasteiger partial charge is 0.211 e. The topological polar surface area (TPSA) is 29.4 Å². The summed E-state index contributed by atoms with van der Waals surface area (Å²) >= 11 is 6.34. The molecule has 2 aliphatic rings. The fourth-order valence-electron chi connectivity index (χ4n) is 2.75. The summed E-state index contributed by atoms with van der Waals surface area (Å²) in [5.41, 5.74) is 3.46. The third-order valence-corrected chi connectivity index (χ3v) is 4.27. The van der Waals surface area contributed by atoms with Crippen LogP contribution >= 0.6 is 11.6 Å². The predicted octanol–water partition coefficient (Wildman–Crippen LogP) is 3.54. The lowest BCUT2D eigenvalue weighted by molar-refractivity contribution is 0.556. The Morgan fingerprint density at radius 1 is 1.24 bits per heavy atom. The molecular weight excluding hydrogens is 234 g/mol. The van der Waals surface area contributed by atoms with Crippen molar-refractivity contribution in [2.45, 2.75) is 44.1 Å². The number of nitrogens with zero attached hydrogens (tertiary/aromatic N) is 1. The van der Waals surface area contributed by atoms with Crippen molar-refractivity contribution >= 4 is 17.7 Å². The lowest BCUT2D eigenvalue weighted by Gasteiger charge is -2.20. The summed E-state index contributed by atoms with van der Waals surface area (Å²) in [5, 5.41) is 0.851. The standard InChI is InChI=1S/C14H14ClNO/c15-13-8-11(14(5-6-14)16-9-17)7-10-3-1-2-4-12(10)13/h7-8H,1-6H2. The number of isocyanates is 1. The molecule has 17 heavy (non-hydrogen) atoms. The molecular formula is C14H14ClNO. The molecule has 1 saturated carbocycles. The fraction of sp³-hybridized carbons (Fsp3) is 0.500. The van der Waals surface area contributed by atoms with Crippen LogP contribution in [0.25, 0.3) is 0 Å². The highest BCUT2D eigenvalue weighted by Gasteiger charge is 2.45. The average molecular weight is 248 g/mol. The number of hydrogen-bond acceptors (Lipinski definition) is 2. The van der Waals surface area contributed by atoms with Crippen molar-refractivity contribution in [2.75, 3.05) is 0 Å². The van der Waals surface area contributed by atoms with Crippen LogP contribution in [0.4, 0.5) is 0 Å². The molecule has 1 fully saturated rings. The van der Waals surface area contributed by atoms with Crippen LogP contribution in [0.5, 0.6) is 0 Å². The van der Waals surface area contributed by atoms with Crippen LogP contribution in [0, 0.1) is 0 Å². The Kier molecular flexibility index (Phi) is 2.57. The van der Waals surface area contributed by atoms with Gasteiger partial charge in [-0.1, -0.05) is 17.7 Å². The maximum absolute atomic E-state index is 10.5. The van der Waals surface area contributed by atoms with Crippen molar-refractivity contribution in [1.82, 2.24) is 0 Å². The van der Waals surface area contributed by atoms with Crippen LogP contribution in [0.3, 0.4) is 0 Å². The van der Waals surface area contributed by atoms with Gasteiger partial charge in [0.2, 0.25) is 6.08 Å². The maximum atomic E-state index is 10.5. The number of carbonyl (C=O) groups excluding carboxylic acids is 1. The largest absolute Gasteiger partial charge is 0.235 e. The van der Waals surface area contributed by atoms with Crippen molar-refractivity contribution < 1.29 is 4.79 Å². The Labute approximate surface area is 106 Å². The van der Waals surface area contributed by atoms with E-state index in [1.807, 2.05) is 6.07 Å². The summed E-state index contributed by atoms with van der Waals surface area (Å²) in [7, 11) is 0. The normalized spacial score (nSPS) is 20.3. The van der Waals surface area contributed by atoms with E-state index in [-0.39, 0.29) is 5.54 Å². The minimum absolute atomic E-state index is 0.294. The van der Waals surface area contributed by atoms with Crippen molar-refractivity contribution in [1.29, 1.82) is 0 Å². The molecule has 3 heteroatoms. The molecule has 0 bridgehead atoms. The Morgan fingerprint density at radius 2 is 2.00 bits per heavy atom. The summed E-state index contributed by atoms with van der Waals surface area (Å²) in [6.07, 6.45) is 8.23. The molecule has 0 N–H and O–H groups in total. The quantitative estimate of drug-likeness (QED) is 0.581. The van der Waals surface area contributed by atoms with Gasteiger partial charge in [0.1, 0.15) is 0 Å². The third-order valence-electron chi connectivity index (χ3n) is 3.93. The van der Waals surface area contributed by atoms with E-state index in [1.54, 1.807) is 6.08 Å². The minimum Gasteiger partial charge on any atom is -0.211 e. The highest BCUT2D eigenvalue weighted by Crippen LogP contribution is 2.50. The highest BCUT2D eigenvalue weighted by molar-refractivity contribution is 6.31. The van der Waals surface area contributed by atoms with Crippen LogP contribution in [0.1, 0.15) is 42.4 Å². The van der Waals surface area contributed by atoms with Gasteiger partial charge in [0.05, 0.1) is 5.54 Å². The Morgan fingerprint density at radius 3 is 2.71 bits per heavy atom. The first kappa shape index (κ1) is 11.0. The number of aryl methyl sites for hydroxylation is 1. The number of rotatable bonds is 2. The molecule has 88 valence electrons. The van der Waals surface area contributed by atoms with Crippen LogP contribution in [-0.4, -0.2) is 6.08 Å². The molecule has 0 saturated heterocycles. The molecule has 0 amide bonds. The second-order valence-corrected chi connectivity index (χ2v) is 5.44. The number of fused-ring (bicyclic) bond motifs is 1. The second kappa shape index (κ2) is 3.97. The first-order valence-electron chi connectivity index (χ1n) is 6.16. The molecule has 0 aliphatic heterocycles. The van der Waals surface area contributed by atoms with E-state index >= 15 is 0 Å². The summed E-state index contributed by atoms with van der Waals surface area (Å²) in [6.45, 7) is 0. The SMILES string of the molecule is O=C=NC1(c2cc(Cl)c3c(c2)CCCC3)CC1. The number of halogens is 1. The molecule has 3 rings (SSSR count). The first-order valence-corrected chi connectivity index (χ1v) is 6.54. The second-order valence-electron chi connectivity index (χ2n) is 5.04. The molecule has 1 aromatic rings. The van der Waals surface area contributed by atoms with E-state index in [2.05, 4.69) is 11.1 Å². The molecule has 0 atom stereocenters. The predicted molar refractivity (Wildman–Crippen MR) is 67.1 cm³/mol. The van der Waals surface area contributed by atoms with Gasteiger partial charge in [0.15, 0.2) is 0 Å². The molecule has 0 unspecified atom stereocenters. The Balaban J connectivity index is 2.08. The monoisotopic (exact) mass is 247 g/mol. The summed E-state index contributed by atoms with van der Waals surface area (Å²) in [5.74, 6) is 0. The summed E-state index contributed by atoms with van der Waals surface area (Å²) in [4.78, 5) is 14.4. The van der Waals surface area contributed by atoms with Gasteiger partial charge in [-0.05, 0) is 61.3 Å². The molecule has 2 aliphatic carbocycles. The van der Waals surface area contributed by atoms with Crippen LogP contribution in [0.2, 0.25) is 5.02 Å². The van der Waals surface area contributed by atoms with Gasteiger partial charge >= 0.3 is 0 Å². The van der Waals surface area contributed by atoms with Crippen molar-refractivity contribution in [3.63, 3.8) is 0 Å². The Bertz CT molecular complexity index is 513. The van der Waals surface area contributed by atoms with Crippen LogP contribution in [0.15, 0.2) is 17.1 Å². The van der Waals surface area contributed by atoms with Gasteiger partial charge in [-0.15, -0.1) is 0 Å². The lowest BCUT2D eigenvalue weighted by atomic mass is 9.88. The van der Waals surface area contributed by atoms with Gasteiger partial charge in [0, 0.05) is 5.02 Å². The number of benzene rings is 1. The van der Waals surface area contributed by atoms with Gasteiger partial charge in [-0.3, -0.25) is 0 Å². The summed E-state index contributed by atoms with van der Waals surface area (Å²) in [6, 6.07) is 4.20. The highest BCUT2D eigenvalue weighted by atomic mass is 35.5. The minimum atomic E-state index is -0.294. The van der Waals surface area contributed by atoms with Crippen LogP contribution in [-0.2, 0) is 23.2 Å². The molecule has 2 nitrogen and oxygen atoms in total. The number of aliphatic imine (C=N–C) groups is 1. The van der Waals surface area contributed by atoms with Gasteiger partial charge < -0.3 is 0 Å². The molecule has 0 heterocycles. The van der Waals surface area contributed by atoms with E-state index in [9.17, 15) is 4.79 Å². The number of hydrogen-bond donors (Lipinski definition) is 0. The molecule has 0 radical (unpaired) electrons. The van der Waals surface area contributed by atoms with Gasteiger partial charge in [-0.25, -0.2) is 4.79 Å². The van der Waals surface area contributed by atoms with E-state index in [0.717, 1.165) is 36.3 Å². The van der Waals surface area contributed by atoms with Gasteiger partial charge in [0.25, 0.3) is 0 Å². The van der Waals surface area contributed by atoms with Crippen molar-refractivity contribution in [3.8, 4) is 0 Å². The third kappa shape index (κ3) is 1.82. The van der Waals surface area contributed by atoms with Gasteiger partial charge in [-0.2, -0.15) is 4.99 Å². The van der Waals surface area contributed by atoms with E-state index < -0.39 is 0 Å². The zero-order valence-electron chi connectivity index (χ0n) is 9.63. The van der Waals surface area contributed by atoms with Crippen LogP contribution < -0.4 is 0 Å². The first-order chi connectivity index (χ1) is 8.25. The fourth-order valence-corrected chi connectivity index (χ4v) is 3.09. The molecule has 0 spiro atoms.